The van der Waals surface area contributed by atoms with Gasteiger partial charge in [0.1, 0.15) is 0 Å². The van der Waals surface area contributed by atoms with Gasteiger partial charge in [-0.15, -0.1) is 12.3 Å². The van der Waals surface area contributed by atoms with Gasteiger partial charge in [-0.05, 0) is 19.9 Å². The molecule has 2 atom stereocenters. The Morgan fingerprint density at radius 1 is 1.75 bits per heavy atom. The highest BCUT2D eigenvalue weighted by atomic mass is 14.9. The van der Waals surface area contributed by atoms with Crippen molar-refractivity contribution >= 4 is 0 Å². The number of hydrogen-bond donors (Lipinski definition) is 1. The second-order valence-electron chi connectivity index (χ2n) is 2.30. The summed E-state index contributed by atoms with van der Waals surface area (Å²) in [5, 5.41) is 3.28. The molecule has 44 valence electrons. The number of hydrogen-bond acceptors (Lipinski definition) is 1. The average molecular weight is 109 g/mol. The Labute approximate surface area is 50.5 Å². The first-order chi connectivity index (χ1) is 3.84. The first kappa shape index (κ1) is 5.65. The third-order valence-electron chi connectivity index (χ3n) is 1.74. The van der Waals surface area contributed by atoms with E-state index in [4.69, 9.17) is 6.42 Å². The van der Waals surface area contributed by atoms with Gasteiger partial charge < -0.3 is 5.32 Å². The van der Waals surface area contributed by atoms with Crippen LogP contribution in [0.2, 0.25) is 0 Å². The zero-order valence-corrected chi connectivity index (χ0v) is 5.15. The standard InChI is InChI=1S/C7H11N/c1-3-7-4-5-8-6(7)2/h1,6-8H,4-5H2,2H3. The van der Waals surface area contributed by atoms with Crippen LogP contribution in [0, 0.1) is 18.3 Å². The first-order valence-electron chi connectivity index (χ1n) is 3.04. The van der Waals surface area contributed by atoms with Crippen LogP contribution in [0.4, 0.5) is 0 Å². The van der Waals surface area contributed by atoms with E-state index in [1.165, 1.54) is 0 Å². The Morgan fingerprint density at radius 2 is 2.50 bits per heavy atom. The van der Waals surface area contributed by atoms with Crippen molar-refractivity contribution < 1.29 is 0 Å². The second-order valence-corrected chi connectivity index (χ2v) is 2.30. The molecule has 1 heterocycles. The molecule has 1 aliphatic rings. The summed E-state index contributed by atoms with van der Waals surface area (Å²) in [6.07, 6.45) is 6.38. The number of rotatable bonds is 0. The molecule has 0 aromatic heterocycles. The third-order valence-corrected chi connectivity index (χ3v) is 1.74. The highest BCUT2D eigenvalue weighted by Crippen LogP contribution is 2.12. The van der Waals surface area contributed by atoms with Gasteiger partial charge in [-0.2, -0.15) is 0 Å². The van der Waals surface area contributed by atoms with E-state index >= 15 is 0 Å². The van der Waals surface area contributed by atoms with Crippen LogP contribution >= 0.6 is 0 Å². The van der Waals surface area contributed by atoms with E-state index in [0.29, 0.717) is 12.0 Å². The van der Waals surface area contributed by atoms with E-state index in [9.17, 15) is 0 Å². The molecule has 0 saturated carbocycles. The molecular formula is C7H11N. The summed E-state index contributed by atoms with van der Waals surface area (Å²) in [5.74, 6) is 3.23. The lowest BCUT2D eigenvalue weighted by molar-refractivity contribution is 0.583. The molecule has 8 heavy (non-hydrogen) atoms. The smallest absolute Gasteiger partial charge is 0.0363 e. The fourth-order valence-corrected chi connectivity index (χ4v) is 1.09. The van der Waals surface area contributed by atoms with Crippen LogP contribution < -0.4 is 5.32 Å². The first-order valence-corrected chi connectivity index (χ1v) is 3.04. The van der Waals surface area contributed by atoms with Crippen LogP contribution in [0.3, 0.4) is 0 Å². The van der Waals surface area contributed by atoms with Crippen molar-refractivity contribution in [1.82, 2.24) is 5.32 Å². The van der Waals surface area contributed by atoms with Gasteiger partial charge in [0.2, 0.25) is 0 Å². The second kappa shape index (κ2) is 2.19. The zero-order valence-electron chi connectivity index (χ0n) is 5.15. The molecule has 2 unspecified atom stereocenters. The van der Waals surface area contributed by atoms with Crippen molar-refractivity contribution in [3.8, 4) is 12.3 Å². The Kier molecular flexibility index (Phi) is 1.55. The molecule has 0 spiro atoms. The molecule has 0 radical (unpaired) electrons. The highest BCUT2D eigenvalue weighted by molar-refractivity contribution is 5.01. The molecule has 1 N–H and O–H groups in total. The van der Waals surface area contributed by atoms with Gasteiger partial charge in [0, 0.05) is 12.0 Å². The molecule has 1 fully saturated rings. The van der Waals surface area contributed by atoms with Gasteiger partial charge in [-0.1, -0.05) is 0 Å². The maximum atomic E-state index is 5.23. The summed E-state index contributed by atoms with van der Waals surface area (Å²) >= 11 is 0. The topological polar surface area (TPSA) is 12.0 Å². The minimum absolute atomic E-state index is 0.481. The predicted molar refractivity (Wildman–Crippen MR) is 34.4 cm³/mol. The van der Waals surface area contributed by atoms with E-state index < -0.39 is 0 Å². The van der Waals surface area contributed by atoms with Gasteiger partial charge in [0.05, 0.1) is 0 Å². The molecule has 1 heteroatoms. The molecule has 0 aromatic rings. The van der Waals surface area contributed by atoms with Gasteiger partial charge in [0.15, 0.2) is 0 Å². The van der Waals surface area contributed by atoms with Gasteiger partial charge >= 0.3 is 0 Å². The normalized spacial score (nSPS) is 37.0. The summed E-state index contributed by atoms with van der Waals surface area (Å²) in [7, 11) is 0. The van der Waals surface area contributed by atoms with Crippen LogP contribution in [0.1, 0.15) is 13.3 Å². The van der Waals surface area contributed by atoms with Crippen molar-refractivity contribution in [2.24, 2.45) is 5.92 Å². The van der Waals surface area contributed by atoms with Crippen molar-refractivity contribution in [3.63, 3.8) is 0 Å². The van der Waals surface area contributed by atoms with Crippen molar-refractivity contribution in [1.29, 1.82) is 0 Å². The summed E-state index contributed by atoms with van der Waals surface area (Å²) in [6, 6.07) is 0.542. The van der Waals surface area contributed by atoms with Crippen LogP contribution in [-0.2, 0) is 0 Å². The molecule has 1 saturated heterocycles. The highest BCUT2D eigenvalue weighted by Gasteiger charge is 2.19. The van der Waals surface area contributed by atoms with Crippen LogP contribution in [-0.4, -0.2) is 12.6 Å². The third kappa shape index (κ3) is 0.850. The zero-order chi connectivity index (χ0) is 5.98. The van der Waals surface area contributed by atoms with Crippen molar-refractivity contribution in [3.05, 3.63) is 0 Å². The average Bonchev–Trinajstić information content (AvgIpc) is 2.14. The van der Waals surface area contributed by atoms with Crippen molar-refractivity contribution in [2.45, 2.75) is 19.4 Å². The van der Waals surface area contributed by atoms with E-state index in [1.54, 1.807) is 0 Å². The van der Waals surface area contributed by atoms with E-state index in [0.717, 1.165) is 13.0 Å². The Hall–Kier alpha value is -0.480. The minimum Gasteiger partial charge on any atom is -0.313 e. The van der Waals surface area contributed by atoms with Crippen LogP contribution in [0.5, 0.6) is 0 Å². The van der Waals surface area contributed by atoms with E-state index in [1.807, 2.05) is 0 Å². The lowest BCUT2D eigenvalue weighted by Crippen LogP contribution is -2.21. The Bertz CT molecular complexity index is 112. The Balaban J connectivity index is 2.45. The van der Waals surface area contributed by atoms with Crippen molar-refractivity contribution in [2.75, 3.05) is 6.54 Å². The summed E-state index contributed by atoms with van der Waals surface area (Å²) in [6.45, 7) is 3.23. The van der Waals surface area contributed by atoms with Crippen LogP contribution in [0.15, 0.2) is 0 Å². The molecule has 1 rings (SSSR count). The maximum Gasteiger partial charge on any atom is 0.0363 e. The maximum absolute atomic E-state index is 5.23. The fraction of sp³-hybridized carbons (Fsp3) is 0.714. The Morgan fingerprint density at radius 3 is 2.75 bits per heavy atom. The van der Waals surface area contributed by atoms with E-state index in [-0.39, 0.29) is 0 Å². The largest absolute Gasteiger partial charge is 0.313 e. The van der Waals surface area contributed by atoms with Gasteiger partial charge in [-0.25, -0.2) is 0 Å². The molecule has 0 aliphatic carbocycles. The fourth-order valence-electron chi connectivity index (χ4n) is 1.09. The molecule has 1 nitrogen and oxygen atoms in total. The number of nitrogens with one attached hydrogen (secondary N) is 1. The predicted octanol–water partition coefficient (Wildman–Crippen LogP) is 0.618. The summed E-state index contributed by atoms with van der Waals surface area (Å²) < 4.78 is 0. The molecule has 0 aromatic carbocycles. The quantitative estimate of drug-likeness (QED) is 0.450. The summed E-state index contributed by atoms with van der Waals surface area (Å²) in [4.78, 5) is 0. The summed E-state index contributed by atoms with van der Waals surface area (Å²) in [5.41, 5.74) is 0. The minimum atomic E-state index is 0.481. The number of terminal acetylenes is 1. The SMILES string of the molecule is C#CC1CCNC1C. The molecule has 0 bridgehead atoms. The lowest BCUT2D eigenvalue weighted by Gasteiger charge is -2.05. The van der Waals surface area contributed by atoms with Gasteiger partial charge in [0.25, 0.3) is 0 Å². The van der Waals surface area contributed by atoms with Crippen LogP contribution in [0.25, 0.3) is 0 Å². The lowest BCUT2D eigenvalue weighted by atomic mass is 10.0. The monoisotopic (exact) mass is 109 g/mol. The van der Waals surface area contributed by atoms with Gasteiger partial charge in [-0.3, -0.25) is 0 Å². The molecule has 0 amide bonds. The van der Waals surface area contributed by atoms with E-state index in [2.05, 4.69) is 18.2 Å². The molecule has 1 aliphatic heterocycles. The molecular weight excluding hydrogens is 98.1 g/mol.